The molecule has 0 aliphatic carbocycles. The molecule has 2 heterocycles. The van der Waals surface area contributed by atoms with Crippen LogP contribution in [0.5, 0.6) is 0 Å². The first kappa shape index (κ1) is 17.4. The summed E-state index contributed by atoms with van der Waals surface area (Å²) in [5.74, 6) is -0.688. The molecule has 1 aromatic carbocycles. The Morgan fingerprint density at radius 2 is 2.08 bits per heavy atom. The summed E-state index contributed by atoms with van der Waals surface area (Å²) < 4.78 is 5.48. The number of rotatable bonds is 5. The standard InChI is InChI=1S/C18H18ClN3O3/c19-14-5-1-2-6-15(14)22-18(24)16-10-12(7-8-20-16)17(23)21-11-13-4-3-9-25-13/h1-2,5-8,10,13H,3-4,9,11H2,(H,21,23)(H,22,24). The first-order valence-electron chi connectivity index (χ1n) is 8.05. The van der Waals surface area contributed by atoms with Gasteiger partial charge in [-0.25, -0.2) is 0 Å². The topological polar surface area (TPSA) is 80.3 Å². The summed E-state index contributed by atoms with van der Waals surface area (Å²) in [4.78, 5) is 28.6. The van der Waals surface area contributed by atoms with E-state index in [9.17, 15) is 9.59 Å². The fraction of sp³-hybridized carbons (Fsp3) is 0.278. The maximum atomic E-state index is 12.3. The lowest BCUT2D eigenvalue weighted by Gasteiger charge is -2.11. The van der Waals surface area contributed by atoms with Crippen molar-refractivity contribution in [2.24, 2.45) is 0 Å². The Labute approximate surface area is 150 Å². The van der Waals surface area contributed by atoms with Gasteiger partial charge in [-0.15, -0.1) is 0 Å². The van der Waals surface area contributed by atoms with Crippen LogP contribution in [0.4, 0.5) is 5.69 Å². The van der Waals surface area contributed by atoms with Crippen molar-refractivity contribution in [2.45, 2.75) is 18.9 Å². The van der Waals surface area contributed by atoms with Gasteiger partial charge in [-0.3, -0.25) is 14.6 Å². The van der Waals surface area contributed by atoms with Crippen LogP contribution in [0.1, 0.15) is 33.7 Å². The predicted octanol–water partition coefficient (Wildman–Crippen LogP) is 2.90. The van der Waals surface area contributed by atoms with Crippen LogP contribution in [0.3, 0.4) is 0 Å². The van der Waals surface area contributed by atoms with Gasteiger partial charge in [0, 0.05) is 24.9 Å². The maximum absolute atomic E-state index is 12.3. The molecule has 0 spiro atoms. The zero-order valence-corrected chi connectivity index (χ0v) is 14.3. The van der Waals surface area contributed by atoms with E-state index in [4.69, 9.17) is 16.3 Å². The van der Waals surface area contributed by atoms with Crippen LogP contribution in [0.2, 0.25) is 5.02 Å². The van der Waals surface area contributed by atoms with E-state index in [1.807, 2.05) is 0 Å². The average molecular weight is 360 g/mol. The largest absolute Gasteiger partial charge is 0.376 e. The number of pyridine rings is 1. The molecule has 1 saturated heterocycles. The van der Waals surface area contributed by atoms with Gasteiger partial charge in [0.2, 0.25) is 0 Å². The minimum atomic E-state index is -0.429. The summed E-state index contributed by atoms with van der Waals surface area (Å²) in [7, 11) is 0. The number of ether oxygens (including phenoxy) is 1. The lowest BCUT2D eigenvalue weighted by atomic mass is 10.2. The Morgan fingerprint density at radius 3 is 2.84 bits per heavy atom. The van der Waals surface area contributed by atoms with E-state index in [1.165, 1.54) is 12.3 Å². The third-order valence-electron chi connectivity index (χ3n) is 3.89. The number of benzene rings is 1. The number of anilines is 1. The SMILES string of the molecule is O=C(NCC1CCCO1)c1ccnc(C(=O)Nc2ccccc2Cl)c1. The van der Waals surface area contributed by atoms with E-state index in [0.29, 0.717) is 22.8 Å². The molecule has 0 radical (unpaired) electrons. The number of aromatic nitrogens is 1. The second kappa shape index (κ2) is 8.09. The highest BCUT2D eigenvalue weighted by Crippen LogP contribution is 2.21. The molecule has 2 aromatic rings. The summed E-state index contributed by atoms with van der Waals surface area (Å²) >= 11 is 6.03. The van der Waals surface area contributed by atoms with Crippen LogP contribution in [0.25, 0.3) is 0 Å². The van der Waals surface area contributed by atoms with E-state index in [-0.39, 0.29) is 17.7 Å². The van der Waals surface area contributed by atoms with Gasteiger partial charge >= 0.3 is 0 Å². The first-order chi connectivity index (χ1) is 12.1. The van der Waals surface area contributed by atoms with E-state index in [0.717, 1.165) is 19.4 Å². The molecule has 0 bridgehead atoms. The summed E-state index contributed by atoms with van der Waals surface area (Å²) in [5.41, 5.74) is 1.01. The second-order valence-corrected chi connectivity index (χ2v) is 6.12. The zero-order chi connectivity index (χ0) is 17.6. The van der Waals surface area contributed by atoms with Crippen molar-refractivity contribution in [2.75, 3.05) is 18.5 Å². The van der Waals surface area contributed by atoms with Crippen molar-refractivity contribution >= 4 is 29.1 Å². The lowest BCUT2D eigenvalue weighted by Crippen LogP contribution is -2.32. The quantitative estimate of drug-likeness (QED) is 0.860. The fourth-order valence-electron chi connectivity index (χ4n) is 2.56. The molecular formula is C18H18ClN3O3. The minimum Gasteiger partial charge on any atom is -0.376 e. The van der Waals surface area contributed by atoms with E-state index in [2.05, 4.69) is 15.6 Å². The molecule has 1 atom stereocenters. The highest BCUT2D eigenvalue weighted by molar-refractivity contribution is 6.33. The fourth-order valence-corrected chi connectivity index (χ4v) is 2.74. The Kier molecular flexibility index (Phi) is 5.63. The molecule has 1 unspecified atom stereocenters. The third kappa shape index (κ3) is 4.55. The van der Waals surface area contributed by atoms with Crippen molar-refractivity contribution in [3.8, 4) is 0 Å². The highest BCUT2D eigenvalue weighted by atomic mass is 35.5. The molecule has 130 valence electrons. The van der Waals surface area contributed by atoms with Gasteiger partial charge in [0.25, 0.3) is 11.8 Å². The summed E-state index contributed by atoms with van der Waals surface area (Å²) in [5, 5.41) is 5.94. The van der Waals surface area contributed by atoms with E-state index >= 15 is 0 Å². The molecule has 0 saturated carbocycles. The summed E-state index contributed by atoms with van der Waals surface area (Å²) in [6.07, 6.45) is 3.46. The van der Waals surface area contributed by atoms with Crippen molar-refractivity contribution in [3.05, 3.63) is 58.9 Å². The van der Waals surface area contributed by atoms with Crippen molar-refractivity contribution in [3.63, 3.8) is 0 Å². The smallest absolute Gasteiger partial charge is 0.274 e. The number of halogens is 1. The minimum absolute atomic E-state index is 0.0637. The van der Waals surface area contributed by atoms with Gasteiger partial charge in [0.15, 0.2) is 0 Å². The molecule has 7 heteroatoms. The summed E-state index contributed by atoms with van der Waals surface area (Å²) in [6, 6.07) is 9.94. The van der Waals surface area contributed by atoms with Gasteiger partial charge in [-0.2, -0.15) is 0 Å². The molecule has 2 N–H and O–H groups in total. The number of hydrogen-bond donors (Lipinski definition) is 2. The Morgan fingerprint density at radius 1 is 1.24 bits per heavy atom. The highest BCUT2D eigenvalue weighted by Gasteiger charge is 2.17. The van der Waals surface area contributed by atoms with E-state index < -0.39 is 5.91 Å². The Balaban J connectivity index is 1.64. The van der Waals surface area contributed by atoms with Gasteiger partial charge in [0.1, 0.15) is 5.69 Å². The molecule has 1 aliphatic rings. The molecule has 1 aliphatic heterocycles. The molecule has 25 heavy (non-hydrogen) atoms. The number of carbonyl (C=O) groups is 2. The normalized spacial score (nSPS) is 16.4. The van der Waals surface area contributed by atoms with E-state index in [1.54, 1.807) is 30.3 Å². The van der Waals surface area contributed by atoms with Crippen LogP contribution in [0, 0.1) is 0 Å². The monoisotopic (exact) mass is 359 g/mol. The number of nitrogens with zero attached hydrogens (tertiary/aromatic N) is 1. The molecule has 1 fully saturated rings. The van der Waals surface area contributed by atoms with Crippen LogP contribution in [0.15, 0.2) is 42.6 Å². The van der Waals surface area contributed by atoms with Gasteiger partial charge in [0.05, 0.1) is 16.8 Å². The first-order valence-corrected chi connectivity index (χ1v) is 8.43. The number of nitrogens with one attached hydrogen (secondary N) is 2. The molecule has 1 aromatic heterocycles. The zero-order valence-electron chi connectivity index (χ0n) is 13.5. The number of carbonyl (C=O) groups excluding carboxylic acids is 2. The van der Waals surface area contributed by atoms with Crippen LogP contribution in [-0.4, -0.2) is 36.1 Å². The number of para-hydroxylation sites is 1. The van der Waals surface area contributed by atoms with Gasteiger partial charge in [-0.05, 0) is 37.1 Å². The van der Waals surface area contributed by atoms with Crippen LogP contribution in [-0.2, 0) is 4.74 Å². The van der Waals surface area contributed by atoms with Crippen molar-refractivity contribution in [1.82, 2.24) is 10.3 Å². The van der Waals surface area contributed by atoms with Crippen molar-refractivity contribution in [1.29, 1.82) is 0 Å². The third-order valence-corrected chi connectivity index (χ3v) is 4.22. The lowest BCUT2D eigenvalue weighted by molar-refractivity contribution is 0.0857. The average Bonchev–Trinajstić information content (AvgIpc) is 3.15. The van der Waals surface area contributed by atoms with Crippen LogP contribution >= 0.6 is 11.6 Å². The van der Waals surface area contributed by atoms with Gasteiger partial charge in [-0.1, -0.05) is 23.7 Å². The molecular weight excluding hydrogens is 342 g/mol. The van der Waals surface area contributed by atoms with Crippen molar-refractivity contribution < 1.29 is 14.3 Å². The maximum Gasteiger partial charge on any atom is 0.274 e. The predicted molar refractivity (Wildman–Crippen MR) is 94.9 cm³/mol. The molecule has 2 amide bonds. The number of hydrogen-bond acceptors (Lipinski definition) is 4. The molecule has 6 nitrogen and oxygen atoms in total. The second-order valence-electron chi connectivity index (χ2n) is 5.71. The molecule has 3 rings (SSSR count). The van der Waals surface area contributed by atoms with Gasteiger partial charge < -0.3 is 15.4 Å². The summed E-state index contributed by atoms with van der Waals surface area (Å²) in [6.45, 7) is 1.20. The van der Waals surface area contributed by atoms with Crippen LogP contribution < -0.4 is 10.6 Å². The Bertz CT molecular complexity index is 776. The number of amides is 2. The Hall–Kier alpha value is -2.44.